The van der Waals surface area contributed by atoms with E-state index in [9.17, 15) is 5.11 Å². The highest BCUT2D eigenvalue weighted by Gasteiger charge is 2.44. The summed E-state index contributed by atoms with van der Waals surface area (Å²) in [6.07, 6.45) is 5.80. The van der Waals surface area contributed by atoms with Gasteiger partial charge < -0.3 is 14.3 Å². The number of ether oxygens (including phenoxy) is 1. The average Bonchev–Trinajstić information content (AvgIpc) is 2.85. The summed E-state index contributed by atoms with van der Waals surface area (Å²) in [7, 11) is 4.50. The van der Waals surface area contributed by atoms with Crippen molar-refractivity contribution in [3.05, 3.63) is 72.3 Å². The Morgan fingerprint density at radius 2 is 1.63 bits per heavy atom. The lowest BCUT2D eigenvalue weighted by atomic mass is 9.97. The summed E-state index contributed by atoms with van der Waals surface area (Å²) in [5.74, 6) is 0. The topological polar surface area (TPSA) is 44.6 Å². The molecule has 1 fully saturated rings. The second-order valence-corrected chi connectivity index (χ2v) is 7.97. The third-order valence-electron chi connectivity index (χ3n) is 6.02. The fraction of sp³-hybridized carbons (Fsp3) is 0.348. The van der Waals surface area contributed by atoms with E-state index in [-0.39, 0.29) is 6.10 Å². The number of likely N-dealkylation sites (N-methyl/N-ethyl adjacent to an activating group) is 1. The molecule has 2 aliphatic rings. The Balaban J connectivity index is 1.42. The molecule has 4 heteroatoms. The minimum absolute atomic E-state index is 0.0400. The van der Waals surface area contributed by atoms with Crippen molar-refractivity contribution in [1.82, 2.24) is 0 Å². The monoisotopic (exact) mass is 362 g/mol. The van der Waals surface area contributed by atoms with E-state index in [4.69, 9.17) is 4.74 Å². The van der Waals surface area contributed by atoms with Crippen molar-refractivity contribution in [3.8, 4) is 11.1 Å². The number of hydrogen-bond acceptors (Lipinski definition) is 3. The number of nitrogens with zero attached hydrogens (tertiary/aromatic N) is 2. The van der Waals surface area contributed by atoms with Gasteiger partial charge in [-0.05, 0) is 28.8 Å². The van der Waals surface area contributed by atoms with Crippen LogP contribution in [0.3, 0.4) is 0 Å². The van der Waals surface area contributed by atoms with Gasteiger partial charge in [0, 0.05) is 18.9 Å². The third kappa shape index (κ3) is 3.62. The Kier molecular flexibility index (Phi) is 4.75. The maximum Gasteiger partial charge on any atom is 0.145 e. The molecular weight excluding hydrogens is 336 g/mol. The highest BCUT2D eigenvalue weighted by molar-refractivity contribution is 5.68. The van der Waals surface area contributed by atoms with Crippen LogP contribution < -0.4 is 5.11 Å². The molecule has 2 atom stereocenters. The van der Waals surface area contributed by atoms with Gasteiger partial charge in [0.15, 0.2) is 0 Å². The molecular formula is C23H26N2O2. The van der Waals surface area contributed by atoms with Crippen molar-refractivity contribution in [2.24, 2.45) is 4.99 Å². The molecule has 2 aromatic rings. The zero-order valence-corrected chi connectivity index (χ0v) is 15.9. The largest absolute Gasteiger partial charge is 0.597 e. The first-order chi connectivity index (χ1) is 13.0. The third-order valence-corrected chi connectivity index (χ3v) is 6.02. The summed E-state index contributed by atoms with van der Waals surface area (Å²) in [6, 6.07) is 19.1. The number of piperidine rings is 1. The number of benzene rings is 2. The standard InChI is InChI=1S/C23H26N2O2/c1-25(2)19-12-13-20(25)15-21(14-19)27-23(26)24-16-18-10-6-7-11-22(18)17-8-4-3-5-9-17/h3-13,19-21H,14-16H2,1-2H3. The molecule has 27 heavy (non-hydrogen) atoms. The van der Waals surface area contributed by atoms with Crippen LogP contribution in [0.25, 0.3) is 11.1 Å². The number of hydrogen-bond donors (Lipinski definition) is 0. The van der Waals surface area contributed by atoms with Gasteiger partial charge in [-0.25, -0.2) is 0 Å². The van der Waals surface area contributed by atoms with Crippen LogP contribution >= 0.6 is 0 Å². The summed E-state index contributed by atoms with van der Waals surface area (Å²) >= 11 is 0. The first kappa shape index (κ1) is 17.8. The molecule has 0 radical (unpaired) electrons. The lowest BCUT2D eigenvalue weighted by molar-refractivity contribution is -0.926. The van der Waals surface area contributed by atoms with E-state index < -0.39 is 6.08 Å². The zero-order valence-electron chi connectivity index (χ0n) is 15.9. The molecule has 0 saturated carbocycles. The van der Waals surface area contributed by atoms with Gasteiger partial charge in [0.1, 0.15) is 18.2 Å². The molecule has 0 aliphatic carbocycles. The molecule has 2 unspecified atom stereocenters. The minimum Gasteiger partial charge on any atom is -0.597 e. The summed E-state index contributed by atoms with van der Waals surface area (Å²) in [4.78, 5) is 4.19. The number of aliphatic imine (C=N–C) groups is 1. The number of rotatable bonds is 4. The Morgan fingerprint density at radius 3 is 2.33 bits per heavy atom. The van der Waals surface area contributed by atoms with Gasteiger partial charge in [-0.3, -0.25) is 4.99 Å². The molecule has 2 heterocycles. The van der Waals surface area contributed by atoms with Crippen LogP contribution in [0.4, 0.5) is 0 Å². The first-order valence-electron chi connectivity index (χ1n) is 9.57. The smallest absolute Gasteiger partial charge is 0.145 e. The van der Waals surface area contributed by atoms with Crippen molar-refractivity contribution in [1.29, 1.82) is 0 Å². The Hall–Kier alpha value is -2.59. The van der Waals surface area contributed by atoms with Crippen molar-refractivity contribution in [3.63, 3.8) is 0 Å². The maximum atomic E-state index is 12.3. The summed E-state index contributed by atoms with van der Waals surface area (Å²) in [5.41, 5.74) is 3.27. The Morgan fingerprint density at radius 1 is 1.00 bits per heavy atom. The van der Waals surface area contributed by atoms with E-state index in [0.29, 0.717) is 18.6 Å². The van der Waals surface area contributed by atoms with Crippen molar-refractivity contribution >= 4 is 6.08 Å². The summed E-state index contributed by atoms with van der Waals surface area (Å²) in [6.45, 7) is 0.337. The van der Waals surface area contributed by atoms with E-state index in [2.05, 4.69) is 49.4 Å². The van der Waals surface area contributed by atoms with Crippen molar-refractivity contribution in [2.45, 2.75) is 37.6 Å². The second-order valence-electron chi connectivity index (χ2n) is 7.97. The van der Waals surface area contributed by atoms with Crippen LogP contribution in [0, 0.1) is 0 Å². The molecule has 0 amide bonds. The Labute approximate surface area is 161 Å². The van der Waals surface area contributed by atoms with Crippen LogP contribution in [0.5, 0.6) is 0 Å². The molecule has 0 spiro atoms. The maximum absolute atomic E-state index is 12.3. The summed E-state index contributed by atoms with van der Waals surface area (Å²) < 4.78 is 6.65. The van der Waals surface area contributed by atoms with Crippen LogP contribution in [0.2, 0.25) is 0 Å². The average molecular weight is 362 g/mol. The minimum atomic E-state index is -0.450. The predicted octanol–water partition coefficient (Wildman–Crippen LogP) is 3.13. The fourth-order valence-electron chi connectivity index (χ4n) is 4.26. The SMILES string of the molecule is C[N+]1(C)C2C=CC1CC(OC([O-])=NCc1ccccc1-c1ccccc1)C2. The molecule has 4 rings (SSSR count). The zero-order chi connectivity index (χ0) is 18.9. The normalized spacial score (nSPS) is 26.1. The van der Waals surface area contributed by atoms with Gasteiger partial charge in [-0.1, -0.05) is 54.6 Å². The van der Waals surface area contributed by atoms with E-state index >= 15 is 0 Å². The molecule has 2 bridgehead atoms. The Bertz CT molecular complexity index is 840. The van der Waals surface area contributed by atoms with Crippen molar-refractivity contribution in [2.75, 3.05) is 14.1 Å². The van der Waals surface area contributed by atoms with Crippen LogP contribution in [-0.4, -0.2) is 42.8 Å². The quantitative estimate of drug-likeness (QED) is 0.363. The van der Waals surface area contributed by atoms with Gasteiger partial charge in [0.2, 0.25) is 0 Å². The molecule has 0 aromatic heterocycles. The molecule has 0 N–H and O–H groups in total. The lowest BCUT2D eigenvalue weighted by Crippen LogP contribution is -2.57. The van der Waals surface area contributed by atoms with Crippen LogP contribution in [0.1, 0.15) is 18.4 Å². The highest BCUT2D eigenvalue weighted by Crippen LogP contribution is 2.35. The fourth-order valence-corrected chi connectivity index (χ4v) is 4.26. The van der Waals surface area contributed by atoms with E-state index in [1.807, 2.05) is 36.4 Å². The van der Waals surface area contributed by atoms with Crippen molar-refractivity contribution < 1.29 is 14.3 Å². The van der Waals surface area contributed by atoms with Gasteiger partial charge >= 0.3 is 0 Å². The highest BCUT2D eigenvalue weighted by atomic mass is 16.6. The molecule has 2 aromatic carbocycles. The van der Waals surface area contributed by atoms with E-state index in [1.165, 1.54) is 0 Å². The number of quaternary nitrogens is 1. The summed E-state index contributed by atoms with van der Waals surface area (Å²) in [5, 5.41) is 12.3. The molecule has 1 saturated heterocycles. The van der Waals surface area contributed by atoms with E-state index in [1.54, 1.807) is 0 Å². The van der Waals surface area contributed by atoms with Crippen LogP contribution in [-0.2, 0) is 11.3 Å². The second kappa shape index (κ2) is 7.20. The molecule has 4 nitrogen and oxygen atoms in total. The number of fused-ring (bicyclic) bond motifs is 2. The van der Waals surface area contributed by atoms with Gasteiger partial charge in [-0.15, -0.1) is 0 Å². The lowest BCUT2D eigenvalue weighted by Gasteiger charge is -2.46. The van der Waals surface area contributed by atoms with Crippen LogP contribution in [0.15, 0.2) is 71.7 Å². The predicted molar refractivity (Wildman–Crippen MR) is 106 cm³/mol. The molecule has 140 valence electrons. The van der Waals surface area contributed by atoms with Gasteiger partial charge in [0.25, 0.3) is 0 Å². The van der Waals surface area contributed by atoms with E-state index in [0.717, 1.165) is 34.0 Å². The first-order valence-corrected chi connectivity index (χ1v) is 9.57. The van der Waals surface area contributed by atoms with Gasteiger partial charge in [0.05, 0.1) is 20.6 Å². The van der Waals surface area contributed by atoms with Gasteiger partial charge in [-0.2, -0.15) is 0 Å². The molecule has 2 aliphatic heterocycles.